The van der Waals surface area contributed by atoms with E-state index in [1.54, 1.807) is 0 Å². The third kappa shape index (κ3) is 4.05. The SMILES string of the molecule is Cc1cc(S(=O)(=O)[O-])ccc1N=Nc1cc(S(=O)(=O)[O-])c2cccc(O)c2c1O. The molecule has 0 amide bonds. The van der Waals surface area contributed by atoms with Gasteiger partial charge in [-0.15, -0.1) is 5.11 Å². The number of phenols is 2. The van der Waals surface area contributed by atoms with Crippen molar-refractivity contribution in [1.29, 1.82) is 0 Å². The molecule has 0 aliphatic rings. The fourth-order valence-corrected chi connectivity index (χ4v) is 3.93. The number of hydrogen-bond acceptors (Lipinski definition) is 10. The van der Waals surface area contributed by atoms with Gasteiger partial charge in [0.05, 0.1) is 20.9 Å². The summed E-state index contributed by atoms with van der Waals surface area (Å²) in [4.78, 5) is -1.17. The summed E-state index contributed by atoms with van der Waals surface area (Å²) in [5.41, 5.74) is -0.0143. The monoisotopic (exact) mass is 436 g/mol. The second kappa shape index (κ2) is 7.08. The fraction of sp³-hybridized carbons (Fsp3) is 0.0588. The first-order valence-corrected chi connectivity index (χ1v) is 10.6. The maximum absolute atomic E-state index is 11.6. The number of hydrogen-bond donors (Lipinski definition) is 2. The first kappa shape index (κ1) is 20.7. The Hall–Kier alpha value is -3.06. The molecule has 0 radical (unpaired) electrons. The van der Waals surface area contributed by atoms with Crippen LogP contribution in [0.4, 0.5) is 11.4 Å². The molecule has 0 atom stereocenters. The molecule has 0 aromatic heterocycles. The molecule has 0 bridgehead atoms. The van der Waals surface area contributed by atoms with Crippen molar-refractivity contribution in [2.45, 2.75) is 16.7 Å². The molecule has 0 spiro atoms. The first-order valence-electron chi connectivity index (χ1n) is 7.81. The van der Waals surface area contributed by atoms with Crippen molar-refractivity contribution in [3.63, 3.8) is 0 Å². The number of benzene rings is 3. The Balaban J connectivity index is 2.19. The zero-order valence-corrected chi connectivity index (χ0v) is 16.2. The second-order valence-corrected chi connectivity index (χ2v) is 8.73. The van der Waals surface area contributed by atoms with Crippen molar-refractivity contribution in [2.24, 2.45) is 10.2 Å². The largest absolute Gasteiger partial charge is 0.744 e. The van der Waals surface area contributed by atoms with Gasteiger partial charge in [0, 0.05) is 5.39 Å². The van der Waals surface area contributed by atoms with Gasteiger partial charge in [-0.3, -0.25) is 0 Å². The van der Waals surface area contributed by atoms with E-state index in [1.807, 2.05) is 0 Å². The number of aryl methyl sites for hydroxylation is 1. The molecular weight excluding hydrogens is 424 g/mol. The molecule has 0 fully saturated rings. The molecule has 0 saturated carbocycles. The molecule has 152 valence electrons. The Kier molecular flexibility index (Phi) is 5.04. The zero-order valence-electron chi connectivity index (χ0n) is 14.6. The van der Waals surface area contributed by atoms with Gasteiger partial charge >= 0.3 is 0 Å². The Labute approximate surface area is 165 Å². The van der Waals surface area contributed by atoms with Crippen LogP contribution in [0.3, 0.4) is 0 Å². The minimum absolute atomic E-state index is 0.126. The molecule has 0 aliphatic carbocycles. The van der Waals surface area contributed by atoms with Crippen molar-refractivity contribution in [2.75, 3.05) is 0 Å². The molecule has 0 saturated heterocycles. The van der Waals surface area contributed by atoms with Crippen LogP contribution in [0.1, 0.15) is 5.56 Å². The molecule has 29 heavy (non-hydrogen) atoms. The number of fused-ring (bicyclic) bond motifs is 1. The lowest BCUT2D eigenvalue weighted by molar-refractivity contribution is 0.459. The van der Waals surface area contributed by atoms with Crippen LogP contribution in [0, 0.1) is 6.92 Å². The summed E-state index contributed by atoms with van der Waals surface area (Å²) in [6.07, 6.45) is 0. The van der Waals surface area contributed by atoms with Gasteiger partial charge in [-0.05, 0) is 42.8 Å². The normalized spacial score (nSPS) is 12.7. The summed E-state index contributed by atoms with van der Waals surface area (Å²) in [5.74, 6) is -1.08. The summed E-state index contributed by atoms with van der Waals surface area (Å²) in [6.45, 7) is 1.46. The molecule has 3 aromatic rings. The minimum Gasteiger partial charge on any atom is -0.744 e. The van der Waals surface area contributed by atoms with E-state index in [1.165, 1.54) is 31.2 Å². The molecule has 0 heterocycles. The number of rotatable bonds is 4. The van der Waals surface area contributed by atoms with Crippen LogP contribution >= 0.6 is 0 Å². The quantitative estimate of drug-likeness (QED) is 0.462. The Morgan fingerprint density at radius 3 is 2.10 bits per heavy atom. The van der Waals surface area contributed by atoms with Crippen LogP contribution in [0.5, 0.6) is 11.5 Å². The van der Waals surface area contributed by atoms with Crippen LogP contribution in [0.25, 0.3) is 10.8 Å². The molecule has 3 rings (SSSR count). The number of azo groups is 1. The topological polar surface area (TPSA) is 180 Å². The zero-order chi connectivity index (χ0) is 21.6. The number of aromatic hydroxyl groups is 2. The molecular formula is C17H12N2O8S2-2. The predicted octanol–water partition coefficient (Wildman–Crippen LogP) is 2.78. The van der Waals surface area contributed by atoms with Gasteiger partial charge < -0.3 is 19.3 Å². The Morgan fingerprint density at radius 2 is 1.52 bits per heavy atom. The molecule has 0 aliphatic heterocycles. The lowest BCUT2D eigenvalue weighted by Gasteiger charge is -2.14. The smallest absolute Gasteiger partial charge is 0.154 e. The van der Waals surface area contributed by atoms with Crippen LogP contribution < -0.4 is 0 Å². The standard InChI is InChI=1S/C17H14N2O8S2/c1-9-7-10(28(22,23)24)5-6-12(9)18-19-13-8-15(29(25,26)27)11-3-2-4-14(20)16(11)17(13)21/h2-8,20-21H,1H3,(H,22,23,24)(H,25,26,27)/p-2. The summed E-state index contributed by atoms with van der Waals surface area (Å²) in [6, 6.07) is 7.85. The van der Waals surface area contributed by atoms with Crippen LogP contribution in [0.15, 0.2) is 62.5 Å². The lowest BCUT2D eigenvalue weighted by atomic mass is 10.1. The minimum atomic E-state index is -4.97. The van der Waals surface area contributed by atoms with Crippen LogP contribution in [-0.2, 0) is 20.2 Å². The van der Waals surface area contributed by atoms with Crippen molar-refractivity contribution < 1.29 is 36.2 Å². The lowest BCUT2D eigenvalue weighted by Crippen LogP contribution is -1.99. The van der Waals surface area contributed by atoms with Gasteiger partial charge in [-0.25, -0.2) is 16.8 Å². The third-order valence-electron chi connectivity index (χ3n) is 4.05. The van der Waals surface area contributed by atoms with E-state index < -0.39 is 47.2 Å². The van der Waals surface area contributed by atoms with E-state index in [9.17, 15) is 36.2 Å². The van der Waals surface area contributed by atoms with E-state index in [0.29, 0.717) is 0 Å². The maximum atomic E-state index is 11.6. The summed E-state index contributed by atoms with van der Waals surface area (Å²) < 4.78 is 68.0. The van der Waals surface area contributed by atoms with E-state index >= 15 is 0 Å². The van der Waals surface area contributed by atoms with Crippen molar-refractivity contribution in [3.05, 3.63) is 48.0 Å². The first-order chi connectivity index (χ1) is 13.4. The third-order valence-corrected chi connectivity index (χ3v) is 5.75. The summed E-state index contributed by atoms with van der Waals surface area (Å²) >= 11 is 0. The molecule has 3 aromatic carbocycles. The second-order valence-electron chi connectivity index (χ2n) is 6.00. The average Bonchev–Trinajstić information content (AvgIpc) is 2.60. The van der Waals surface area contributed by atoms with Gasteiger partial charge in [0.25, 0.3) is 0 Å². The van der Waals surface area contributed by atoms with Gasteiger partial charge in [0.2, 0.25) is 0 Å². The maximum Gasteiger partial charge on any atom is 0.154 e. The number of nitrogens with zero attached hydrogens (tertiary/aromatic N) is 2. The Bertz CT molecular complexity index is 1380. The Morgan fingerprint density at radius 1 is 0.862 bits per heavy atom. The van der Waals surface area contributed by atoms with Gasteiger partial charge in [0.15, 0.2) is 5.75 Å². The number of phenolic OH excluding ortho intramolecular Hbond substituents is 2. The highest BCUT2D eigenvalue weighted by Crippen LogP contribution is 2.43. The highest BCUT2D eigenvalue weighted by atomic mass is 32.2. The molecule has 2 N–H and O–H groups in total. The highest BCUT2D eigenvalue weighted by Gasteiger charge is 2.18. The van der Waals surface area contributed by atoms with Gasteiger partial charge in [-0.2, -0.15) is 5.11 Å². The van der Waals surface area contributed by atoms with Crippen molar-refractivity contribution in [3.8, 4) is 11.5 Å². The predicted molar refractivity (Wildman–Crippen MR) is 98.6 cm³/mol. The molecule has 0 unspecified atom stereocenters. The van der Waals surface area contributed by atoms with Crippen molar-refractivity contribution in [1.82, 2.24) is 0 Å². The van der Waals surface area contributed by atoms with E-state index in [2.05, 4.69) is 10.2 Å². The van der Waals surface area contributed by atoms with Gasteiger partial charge in [0.1, 0.15) is 31.7 Å². The van der Waals surface area contributed by atoms with Gasteiger partial charge in [-0.1, -0.05) is 12.1 Å². The summed E-state index contributed by atoms with van der Waals surface area (Å²) in [7, 11) is -9.63. The van der Waals surface area contributed by atoms with Crippen LogP contribution in [-0.4, -0.2) is 36.2 Å². The fourth-order valence-electron chi connectivity index (χ4n) is 2.68. The van der Waals surface area contributed by atoms with Crippen molar-refractivity contribution >= 4 is 42.4 Å². The highest BCUT2D eigenvalue weighted by molar-refractivity contribution is 7.86. The molecule has 10 nitrogen and oxygen atoms in total. The van der Waals surface area contributed by atoms with E-state index in [4.69, 9.17) is 0 Å². The molecule has 12 heteroatoms. The summed E-state index contributed by atoms with van der Waals surface area (Å²) in [5, 5.41) is 27.4. The van der Waals surface area contributed by atoms with Crippen LogP contribution in [0.2, 0.25) is 0 Å². The average molecular weight is 436 g/mol. The van der Waals surface area contributed by atoms with E-state index in [-0.39, 0.29) is 22.0 Å². The van der Waals surface area contributed by atoms with E-state index in [0.717, 1.165) is 18.2 Å².